The minimum absolute atomic E-state index is 0.354. The summed E-state index contributed by atoms with van der Waals surface area (Å²) in [7, 11) is 1.88. The summed E-state index contributed by atoms with van der Waals surface area (Å²) in [4.78, 5) is 16.8. The molecular weight excluding hydrogens is 274 g/mol. The summed E-state index contributed by atoms with van der Waals surface area (Å²) in [6.07, 6.45) is 2.57. The van der Waals surface area contributed by atoms with Gasteiger partial charge in [0.25, 0.3) is 5.91 Å². The van der Waals surface area contributed by atoms with Gasteiger partial charge < -0.3 is 9.77 Å². The molecule has 1 aromatic carbocycles. The van der Waals surface area contributed by atoms with Crippen molar-refractivity contribution in [2.24, 2.45) is 12.0 Å². The van der Waals surface area contributed by atoms with Crippen LogP contribution in [-0.2, 0) is 7.05 Å². The molecule has 1 amide bonds. The standard InChI is InChI=1S/C14H11N3O2S/c1-16-11-4-2-3-5-12(11)20-14(16)15-13(18)10-6-8-17(19)9-7-10/h2-9H,1H3. The van der Waals surface area contributed by atoms with Gasteiger partial charge in [-0.2, -0.15) is 9.72 Å². The van der Waals surface area contributed by atoms with E-state index in [4.69, 9.17) is 0 Å². The molecule has 3 aromatic rings. The lowest BCUT2D eigenvalue weighted by atomic mass is 10.2. The largest absolute Gasteiger partial charge is 0.619 e. The fraction of sp³-hybridized carbons (Fsp3) is 0.0714. The van der Waals surface area contributed by atoms with Crippen LogP contribution in [0.1, 0.15) is 10.4 Å². The number of thiazole rings is 1. The zero-order valence-corrected chi connectivity index (χ0v) is 11.5. The van der Waals surface area contributed by atoms with E-state index in [1.165, 1.54) is 35.9 Å². The molecule has 0 aliphatic rings. The fourth-order valence-corrected chi connectivity index (χ4v) is 2.91. The van der Waals surface area contributed by atoms with Crippen molar-refractivity contribution in [2.75, 3.05) is 0 Å². The number of aryl methyl sites for hydroxylation is 1. The number of benzene rings is 1. The molecule has 0 atom stereocenters. The molecular formula is C14H11N3O2S. The maximum absolute atomic E-state index is 12.1. The van der Waals surface area contributed by atoms with E-state index in [1.54, 1.807) is 0 Å². The van der Waals surface area contributed by atoms with Crippen molar-refractivity contribution in [2.45, 2.75) is 0 Å². The third-order valence-corrected chi connectivity index (χ3v) is 4.07. The third kappa shape index (κ3) is 2.21. The second kappa shape index (κ2) is 4.90. The zero-order chi connectivity index (χ0) is 14.1. The number of carbonyl (C=O) groups is 1. The monoisotopic (exact) mass is 285 g/mol. The van der Waals surface area contributed by atoms with E-state index >= 15 is 0 Å². The smallest absolute Gasteiger partial charge is 0.280 e. The first-order chi connectivity index (χ1) is 9.65. The van der Waals surface area contributed by atoms with Gasteiger partial charge in [0.05, 0.1) is 15.8 Å². The zero-order valence-electron chi connectivity index (χ0n) is 10.7. The van der Waals surface area contributed by atoms with E-state index in [1.807, 2.05) is 35.9 Å². The molecule has 2 aromatic heterocycles. The van der Waals surface area contributed by atoms with Crippen LogP contribution in [0.2, 0.25) is 0 Å². The number of fused-ring (bicyclic) bond motifs is 1. The molecule has 0 N–H and O–H groups in total. The highest BCUT2D eigenvalue weighted by Gasteiger charge is 2.07. The van der Waals surface area contributed by atoms with Crippen LogP contribution in [0, 0.1) is 5.21 Å². The molecule has 20 heavy (non-hydrogen) atoms. The summed E-state index contributed by atoms with van der Waals surface area (Å²) in [5, 5.41) is 10.9. The Morgan fingerprint density at radius 1 is 1.25 bits per heavy atom. The van der Waals surface area contributed by atoms with Gasteiger partial charge in [-0.25, -0.2) is 0 Å². The Bertz CT molecular complexity index is 847. The maximum Gasteiger partial charge on any atom is 0.280 e. The third-order valence-electron chi connectivity index (χ3n) is 2.96. The van der Waals surface area contributed by atoms with Crippen LogP contribution in [0.5, 0.6) is 0 Å². The molecule has 0 unspecified atom stereocenters. The lowest BCUT2D eigenvalue weighted by molar-refractivity contribution is -0.605. The summed E-state index contributed by atoms with van der Waals surface area (Å²) >= 11 is 1.46. The first-order valence-electron chi connectivity index (χ1n) is 5.97. The minimum Gasteiger partial charge on any atom is -0.619 e. The molecule has 0 saturated heterocycles. The minimum atomic E-state index is -0.354. The van der Waals surface area contributed by atoms with Gasteiger partial charge in [0.1, 0.15) is 0 Å². The molecule has 100 valence electrons. The number of pyridine rings is 1. The van der Waals surface area contributed by atoms with Crippen molar-refractivity contribution < 1.29 is 9.52 Å². The second-order valence-corrected chi connectivity index (χ2v) is 5.28. The average Bonchev–Trinajstić information content (AvgIpc) is 2.77. The van der Waals surface area contributed by atoms with Crippen molar-refractivity contribution in [1.82, 2.24) is 4.57 Å². The summed E-state index contributed by atoms with van der Waals surface area (Å²) < 4.78 is 3.59. The molecule has 0 aliphatic carbocycles. The molecule has 6 heteroatoms. The second-order valence-electron chi connectivity index (χ2n) is 4.28. The van der Waals surface area contributed by atoms with Crippen LogP contribution in [0.4, 0.5) is 0 Å². The van der Waals surface area contributed by atoms with Crippen LogP contribution in [-0.4, -0.2) is 10.5 Å². The Kier molecular flexibility index (Phi) is 3.08. The molecule has 0 radical (unpaired) electrons. The number of carbonyl (C=O) groups excluding carboxylic acids is 1. The van der Waals surface area contributed by atoms with Crippen molar-refractivity contribution >= 4 is 27.5 Å². The lowest BCUT2D eigenvalue weighted by Crippen LogP contribution is -2.24. The highest BCUT2D eigenvalue weighted by Crippen LogP contribution is 2.15. The van der Waals surface area contributed by atoms with Gasteiger partial charge in [0.2, 0.25) is 0 Å². The van der Waals surface area contributed by atoms with Crippen LogP contribution in [0.3, 0.4) is 0 Å². The quantitative estimate of drug-likeness (QED) is 0.504. The van der Waals surface area contributed by atoms with Crippen LogP contribution < -0.4 is 9.53 Å². The van der Waals surface area contributed by atoms with Crippen LogP contribution >= 0.6 is 11.3 Å². The highest BCUT2D eigenvalue weighted by atomic mass is 32.1. The van der Waals surface area contributed by atoms with Crippen molar-refractivity contribution in [1.29, 1.82) is 0 Å². The van der Waals surface area contributed by atoms with Crippen molar-refractivity contribution in [3.8, 4) is 0 Å². The van der Waals surface area contributed by atoms with E-state index in [2.05, 4.69) is 4.99 Å². The van der Waals surface area contributed by atoms with Gasteiger partial charge in [0, 0.05) is 19.2 Å². The number of hydrogen-bond donors (Lipinski definition) is 0. The number of para-hydroxylation sites is 1. The number of rotatable bonds is 1. The van der Waals surface area contributed by atoms with Gasteiger partial charge in [0.15, 0.2) is 17.2 Å². The van der Waals surface area contributed by atoms with E-state index in [0.717, 1.165) is 10.2 Å². The molecule has 0 spiro atoms. The van der Waals surface area contributed by atoms with Gasteiger partial charge >= 0.3 is 0 Å². The summed E-state index contributed by atoms with van der Waals surface area (Å²) in [6, 6.07) is 10.8. The van der Waals surface area contributed by atoms with Crippen LogP contribution in [0.25, 0.3) is 10.2 Å². The predicted molar refractivity (Wildman–Crippen MR) is 76.1 cm³/mol. The first-order valence-corrected chi connectivity index (χ1v) is 6.79. The number of amides is 1. The predicted octanol–water partition coefficient (Wildman–Crippen LogP) is 1.61. The number of aromatic nitrogens is 2. The topological polar surface area (TPSA) is 61.3 Å². The Morgan fingerprint density at radius 2 is 1.95 bits per heavy atom. The Labute approximate surface area is 118 Å². The molecule has 2 heterocycles. The first kappa shape index (κ1) is 12.6. The summed E-state index contributed by atoms with van der Waals surface area (Å²) in [5.74, 6) is -0.354. The molecule has 0 bridgehead atoms. The Morgan fingerprint density at radius 3 is 2.65 bits per heavy atom. The van der Waals surface area contributed by atoms with Gasteiger partial charge in [-0.3, -0.25) is 4.79 Å². The highest BCUT2D eigenvalue weighted by molar-refractivity contribution is 7.16. The average molecular weight is 285 g/mol. The maximum atomic E-state index is 12.1. The molecule has 0 saturated carbocycles. The van der Waals surface area contributed by atoms with E-state index < -0.39 is 0 Å². The van der Waals surface area contributed by atoms with E-state index in [9.17, 15) is 10.0 Å². The Balaban J connectivity index is 2.08. The summed E-state index contributed by atoms with van der Waals surface area (Å²) in [6.45, 7) is 0. The molecule has 0 aliphatic heterocycles. The Hall–Kier alpha value is -2.47. The van der Waals surface area contributed by atoms with Crippen molar-refractivity contribution in [3.05, 3.63) is 64.4 Å². The SMILES string of the molecule is Cn1c(=NC(=O)c2cc[n+]([O-])cc2)sc2ccccc21. The number of hydrogen-bond acceptors (Lipinski definition) is 3. The normalized spacial score (nSPS) is 11.9. The van der Waals surface area contributed by atoms with E-state index in [-0.39, 0.29) is 5.91 Å². The molecule has 3 rings (SSSR count). The summed E-state index contributed by atoms with van der Waals surface area (Å²) in [5.41, 5.74) is 1.43. The van der Waals surface area contributed by atoms with Gasteiger partial charge in [-0.1, -0.05) is 23.5 Å². The number of nitrogens with zero attached hydrogens (tertiary/aromatic N) is 3. The van der Waals surface area contributed by atoms with Gasteiger partial charge in [-0.15, -0.1) is 0 Å². The van der Waals surface area contributed by atoms with E-state index in [0.29, 0.717) is 15.1 Å². The fourth-order valence-electron chi connectivity index (χ4n) is 1.90. The molecule has 5 nitrogen and oxygen atoms in total. The lowest BCUT2D eigenvalue weighted by Gasteiger charge is -1.96. The van der Waals surface area contributed by atoms with Crippen LogP contribution in [0.15, 0.2) is 53.8 Å². The van der Waals surface area contributed by atoms with Gasteiger partial charge in [-0.05, 0) is 12.1 Å². The molecule has 0 fully saturated rings. The van der Waals surface area contributed by atoms with Crippen molar-refractivity contribution in [3.63, 3.8) is 0 Å².